The number of carbonyl (C=O) groups is 2. The summed E-state index contributed by atoms with van der Waals surface area (Å²) in [5.41, 5.74) is 6.65. The fourth-order valence-electron chi connectivity index (χ4n) is 2.31. The molecule has 0 aliphatic carbocycles. The Bertz CT molecular complexity index is 526. The lowest BCUT2D eigenvalue weighted by Crippen LogP contribution is -2.34. The van der Waals surface area contributed by atoms with Crippen molar-refractivity contribution < 1.29 is 14.3 Å². The second-order valence-electron chi connectivity index (χ2n) is 6.52. The van der Waals surface area contributed by atoms with Crippen LogP contribution in [-0.2, 0) is 4.79 Å². The summed E-state index contributed by atoms with van der Waals surface area (Å²) < 4.78 is 5.07. The van der Waals surface area contributed by atoms with Gasteiger partial charge in [0.05, 0.1) is 7.11 Å². The van der Waals surface area contributed by atoms with E-state index in [1.54, 1.807) is 43.3 Å². The van der Waals surface area contributed by atoms with Crippen molar-refractivity contribution in [2.45, 2.75) is 45.6 Å². The molecule has 0 heterocycles. The molecule has 0 spiro atoms. The molecule has 0 saturated heterocycles. The molecule has 1 atom stereocenters. The number of nitrogens with zero attached hydrogens (tertiary/aromatic N) is 1. The number of methoxy groups -OCH3 is 1. The van der Waals surface area contributed by atoms with Gasteiger partial charge in [-0.05, 0) is 43.0 Å². The second kappa shape index (κ2) is 10.1. The molecule has 1 unspecified atom stereocenters. The third kappa shape index (κ3) is 6.71. The molecule has 134 valence electrons. The highest BCUT2D eigenvalue weighted by atomic mass is 16.5. The van der Waals surface area contributed by atoms with E-state index in [0.717, 1.165) is 12.2 Å². The van der Waals surface area contributed by atoms with Crippen LogP contribution in [0.5, 0.6) is 5.75 Å². The van der Waals surface area contributed by atoms with E-state index < -0.39 is 0 Å². The van der Waals surface area contributed by atoms with Crippen LogP contribution >= 0.6 is 0 Å². The quantitative estimate of drug-likeness (QED) is 0.668. The van der Waals surface area contributed by atoms with E-state index >= 15 is 0 Å². The van der Waals surface area contributed by atoms with E-state index in [9.17, 15) is 9.59 Å². The van der Waals surface area contributed by atoms with Crippen molar-refractivity contribution in [3.05, 3.63) is 29.8 Å². The summed E-state index contributed by atoms with van der Waals surface area (Å²) in [5.74, 6) is 1.25. The number of nitrogens with two attached hydrogens (primary N) is 1. The number of Topliss-reactive ketones (excluding diaryl/α,β-unsaturated/α-hetero) is 1. The lowest BCUT2D eigenvalue weighted by molar-refractivity contribution is -0.130. The first kappa shape index (κ1) is 20.2. The maximum Gasteiger partial charge on any atom is 0.222 e. The lowest BCUT2D eigenvalue weighted by Gasteiger charge is -2.21. The van der Waals surface area contributed by atoms with Crippen molar-refractivity contribution in [3.63, 3.8) is 0 Å². The molecule has 0 bridgehead atoms. The maximum atomic E-state index is 12.1. The predicted molar refractivity (Wildman–Crippen MR) is 96.2 cm³/mol. The zero-order valence-corrected chi connectivity index (χ0v) is 15.2. The Morgan fingerprint density at radius 2 is 1.79 bits per heavy atom. The van der Waals surface area contributed by atoms with Crippen LogP contribution in [0.4, 0.5) is 0 Å². The standard InChI is InChI=1S/C19H30N2O3/c1-14(2)17(20)12-13-21(3)19(23)7-5-6-18(22)15-8-10-16(24-4)11-9-15/h8-11,14,17H,5-7,12-13,20H2,1-4H3. The molecule has 1 aromatic rings. The zero-order chi connectivity index (χ0) is 18.1. The van der Waals surface area contributed by atoms with Crippen molar-refractivity contribution >= 4 is 11.7 Å². The Labute approximate surface area is 145 Å². The highest BCUT2D eigenvalue weighted by molar-refractivity contribution is 5.96. The largest absolute Gasteiger partial charge is 0.497 e. The van der Waals surface area contributed by atoms with Gasteiger partial charge in [-0.2, -0.15) is 0 Å². The van der Waals surface area contributed by atoms with Gasteiger partial charge in [0, 0.05) is 38.0 Å². The van der Waals surface area contributed by atoms with Gasteiger partial charge in [0.2, 0.25) is 5.91 Å². The number of ether oxygens (including phenoxy) is 1. The first-order chi connectivity index (χ1) is 11.3. The number of benzene rings is 1. The van der Waals surface area contributed by atoms with E-state index in [1.807, 2.05) is 0 Å². The summed E-state index contributed by atoms with van der Waals surface area (Å²) >= 11 is 0. The third-order valence-electron chi connectivity index (χ3n) is 4.29. The summed E-state index contributed by atoms with van der Waals surface area (Å²) in [6, 6.07) is 7.15. The number of hydrogen-bond acceptors (Lipinski definition) is 4. The number of hydrogen-bond donors (Lipinski definition) is 1. The van der Waals surface area contributed by atoms with Crippen LogP contribution in [0.3, 0.4) is 0 Å². The molecule has 2 N–H and O–H groups in total. The highest BCUT2D eigenvalue weighted by Gasteiger charge is 2.13. The molecule has 1 amide bonds. The molecule has 0 saturated carbocycles. The minimum Gasteiger partial charge on any atom is -0.497 e. The molecule has 0 aliphatic rings. The molecule has 5 nitrogen and oxygen atoms in total. The maximum absolute atomic E-state index is 12.1. The van der Waals surface area contributed by atoms with Crippen molar-refractivity contribution in [1.82, 2.24) is 4.90 Å². The van der Waals surface area contributed by atoms with Gasteiger partial charge in [-0.25, -0.2) is 0 Å². The van der Waals surface area contributed by atoms with Crippen molar-refractivity contribution in [1.29, 1.82) is 0 Å². The van der Waals surface area contributed by atoms with E-state index in [0.29, 0.717) is 37.3 Å². The summed E-state index contributed by atoms with van der Waals surface area (Å²) in [4.78, 5) is 25.9. The van der Waals surface area contributed by atoms with Gasteiger partial charge in [0.25, 0.3) is 0 Å². The topological polar surface area (TPSA) is 72.6 Å². The van der Waals surface area contributed by atoms with Crippen LogP contribution in [0, 0.1) is 5.92 Å². The molecule has 24 heavy (non-hydrogen) atoms. The molecule has 0 fully saturated rings. The highest BCUT2D eigenvalue weighted by Crippen LogP contribution is 2.14. The fourth-order valence-corrected chi connectivity index (χ4v) is 2.31. The van der Waals surface area contributed by atoms with Crippen molar-refractivity contribution in [2.75, 3.05) is 20.7 Å². The van der Waals surface area contributed by atoms with Crippen molar-refractivity contribution in [2.24, 2.45) is 11.7 Å². The van der Waals surface area contributed by atoms with Crippen LogP contribution in [0.15, 0.2) is 24.3 Å². The van der Waals surface area contributed by atoms with Crippen LogP contribution in [0.1, 0.15) is 49.9 Å². The summed E-state index contributed by atoms with van der Waals surface area (Å²) in [6.07, 6.45) is 2.11. The van der Waals surface area contributed by atoms with Crippen LogP contribution < -0.4 is 10.5 Å². The molecular formula is C19H30N2O3. The zero-order valence-electron chi connectivity index (χ0n) is 15.2. The number of rotatable bonds is 10. The smallest absolute Gasteiger partial charge is 0.222 e. The van der Waals surface area contributed by atoms with Gasteiger partial charge in [-0.3, -0.25) is 9.59 Å². The van der Waals surface area contributed by atoms with E-state index in [4.69, 9.17) is 10.5 Å². The van der Waals surface area contributed by atoms with Crippen LogP contribution in [-0.4, -0.2) is 43.3 Å². The van der Waals surface area contributed by atoms with E-state index in [2.05, 4.69) is 13.8 Å². The number of carbonyl (C=O) groups excluding carboxylic acids is 2. The molecule has 0 radical (unpaired) electrons. The Morgan fingerprint density at radius 1 is 1.17 bits per heavy atom. The Morgan fingerprint density at radius 3 is 2.33 bits per heavy atom. The average molecular weight is 334 g/mol. The van der Waals surface area contributed by atoms with Gasteiger partial charge >= 0.3 is 0 Å². The first-order valence-corrected chi connectivity index (χ1v) is 8.52. The van der Waals surface area contributed by atoms with Crippen LogP contribution in [0.2, 0.25) is 0 Å². The minimum absolute atomic E-state index is 0.0509. The first-order valence-electron chi connectivity index (χ1n) is 8.52. The van der Waals surface area contributed by atoms with E-state index in [1.165, 1.54) is 0 Å². The lowest BCUT2D eigenvalue weighted by atomic mass is 10.0. The van der Waals surface area contributed by atoms with Gasteiger partial charge in [0.15, 0.2) is 5.78 Å². The predicted octanol–water partition coefficient (Wildman–Crippen LogP) is 2.88. The molecule has 0 aliphatic heterocycles. The van der Waals surface area contributed by atoms with Gasteiger partial charge in [-0.1, -0.05) is 13.8 Å². The van der Waals surface area contributed by atoms with Crippen molar-refractivity contribution in [3.8, 4) is 5.75 Å². The molecule has 5 heteroatoms. The van der Waals surface area contributed by atoms with Crippen LogP contribution in [0.25, 0.3) is 0 Å². The third-order valence-corrected chi connectivity index (χ3v) is 4.29. The van der Waals surface area contributed by atoms with Gasteiger partial charge in [-0.15, -0.1) is 0 Å². The molecule has 1 rings (SSSR count). The summed E-state index contributed by atoms with van der Waals surface area (Å²) in [7, 11) is 3.38. The molecular weight excluding hydrogens is 304 g/mol. The average Bonchev–Trinajstić information content (AvgIpc) is 2.58. The van der Waals surface area contributed by atoms with Gasteiger partial charge < -0.3 is 15.4 Å². The minimum atomic E-state index is 0.0509. The molecule has 0 aromatic heterocycles. The SMILES string of the molecule is COc1ccc(C(=O)CCCC(=O)N(C)CCC(N)C(C)C)cc1. The fraction of sp³-hybridized carbons (Fsp3) is 0.579. The molecule has 1 aromatic carbocycles. The second-order valence-corrected chi connectivity index (χ2v) is 6.52. The summed E-state index contributed by atoms with van der Waals surface area (Å²) in [5, 5.41) is 0. The number of ketones is 1. The van der Waals surface area contributed by atoms with Gasteiger partial charge in [0.1, 0.15) is 5.75 Å². The normalized spacial score (nSPS) is 12.1. The van der Waals surface area contributed by atoms with E-state index in [-0.39, 0.29) is 17.7 Å². The Balaban J connectivity index is 2.32. The Kier molecular flexibility index (Phi) is 8.47. The Hall–Kier alpha value is -1.88. The summed E-state index contributed by atoms with van der Waals surface area (Å²) in [6.45, 7) is 4.82. The monoisotopic (exact) mass is 334 g/mol. The number of amides is 1.